The fourth-order valence-electron chi connectivity index (χ4n) is 9.17. The van der Waals surface area contributed by atoms with Gasteiger partial charge >= 0.3 is 0 Å². The number of fused-ring (bicyclic) bond motifs is 9. The molecule has 3 heterocycles. The number of anilines is 2. The van der Waals surface area contributed by atoms with E-state index in [1.165, 1.54) is 65.4 Å². The lowest BCUT2D eigenvalue weighted by Crippen LogP contribution is -2.15. The van der Waals surface area contributed by atoms with Crippen LogP contribution < -0.4 is 4.90 Å². The predicted molar refractivity (Wildman–Crippen MR) is 251 cm³/mol. The van der Waals surface area contributed by atoms with Crippen molar-refractivity contribution in [2.75, 3.05) is 4.90 Å². The molecule has 4 heteroatoms. The van der Waals surface area contributed by atoms with Crippen LogP contribution in [0.3, 0.4) is 0 Å². The van der Waals surface area contributed by atoms with E-state index in [0.29, 0.717) is 0 Å². The average Bonchev–Trinajstić information content (AvgIpc) is 3.94. The first-order chi connectivity index (χ1) is 29.2. The van der Waals surface area contributed by atoms with E-state index < -0.39 is 0 Å². The van der Waals surface area contributed by atoms with Gasteiger partial charge < -0.3 is 18.6 Å². The third-order valence-corrected chi connectivity index (χ3v) is 11.8. The van der Waals surface area contributed by atoms with E-state index in [-0.39, 0.29) is 0 Å². The van der Waals surface area contributed by atoms with E-state index in [1.807, 2.05) is 6.08 Å². The molecule has 3 aromatic heterocycles. The second kappa shape index (κ2) is 14.0. The lowest BCUT2D eigenvalue weighted by atomic mass is 10.1. The standard InChI is InChI=1S/C55H40N4/c1-3-39(29-28-38(2)56-50-22-10-4-16-44(50)45-17-5-11-23-51(45)56)57(40-30-34-42(35-31-40)58-52-24-12-6-18-46(52)47-19-7-13-25-53(47)58)41-32-36-43(37-33-41)59-54-26-14-8-20-48(54)49-21-9-15-27-55(49)59/h3-37H,1H2,2H3/b38-28+,39-29+. The Morgan fingerprint density at radius 2 is 0.695 bits per heavy atom. The first kappa shape index (κ1) is 34.4. The Bertz CT molecular complexity index is 3140. The van der Waals surface area contributed by atoms with E-state index in [4.69, 9.17) is 0 Å². The van der Waals surface area contributed by atoms with Crippen molar-refractivity contribution >= 4 is 82.5 Å². The fourth-order valence-corrected chi connectivity index (χ4v) is 9.17. The molecule has 0 saturated heterocycles. The van der Waals surface area contributed by atoms with Crippen molar-refractivity contribution < 1.29 is 0 Å². The van der Waals surface area contributed by atoms with Crippen LogP contribution >= 0.6 is 0 Å². The Kier molecular flexibility index (Phi) is 8.16. The van der Waals surface area contributed by atoms with Gasteiger partial charge in [-0.05, 0) is 110 Å². The van der Waals surface area contributed by atoms with E-state index in [0.717, 1.165) is 34.1 Å². The Morgan fingerprint density at radius 1 is 0.390 bits per heavy atom. The number of para-hydroxylation sites is 6. The molecular formula is C55H40N4. The zero-order valence-electron chi connectivity index (χ0n) is 32.7. The van der Waals surface area contributed by atoms with Crippen LogP contribution in [0.15, 0.2) is 225 Å². The molecule has 0 aliphatic carbocycles. The van der Waals surface area contributed by atoms with Gasteiger partial charge in [0.2, 0.25) is 0 Å². The normalized spacial score (nSPS) is 12.4. The van der Waals surface area contributed by atoms with E-state index in [9.17, 15) is 0 Å². The highest BCUT2D eigenvalue weighted by Gasteiger charge is 2.18. The van der Waals surface area contributed by atoms with Crippen LogP contribution in [0, 0.1) is 0 Å². The number of rotatable bonds is 8. The molecule has 11 rings (SSSR count). The summed E-state index contributed by atoms with van der Waals surface area (Å²) in [6.07, 6.45) is 6.35. The summed E-state index contributed by atoms with van der Waals surface area (Å²) in [7, 11) is 0. The minimum Gasteiger partial charge on any atom is -0.313 e. The van der Waals surface area contributed by atoms with Crippen LogP contribution in [-0.2, 0) is 0 Å². The van der Waals surface area contributed by atoms with Gasteiger partial charge in [0, 0.05) is 66.5 Å². The summed E-state index contributed by atoms with van der Waals surface area (Å²) in [5, 5.41) is 7.49. The molecule has 280 valence electrons. The molecule has 0 spiro atoms. The summed E-state index contributed by atoms with van der Waals surface area (Å²) in [4.78, 5) is 2.30. The Balaban J connectivity index is 1.05. The van der Waals surface area contributed by atoms with E-state index >= 15 is 0 Å². The molecule has 8 aromatic carbocycles. The van der Waals surface area contributed by atoms with Crippen molar-refractivity contribution in [1.29, 1.82) is 0 Å². The molecule has 0 aliphatic rings. The van der Waals surface area contributed by atoms with Crippen molar-refractivity contribution in [2.24, 2.45) is 0 Å². The fraction of sp³-hybridized carbons (Fsp3) is 0.0182. The third kappa shape index (κ3) is 5.53. The highest BCUT2D eigenvalue weighted by molar-refractivity contribution is 6.11. The highest BCUT2D eigenvalue weighted by atomic mass is 15.1. The summed E-state index contributed by atoms with van der Waals surface area (Å²) >= 11 is 0. The number of aromatic nitrogens is 3. The molecule has 0 amide bonds. The maximum Gasteiger partial charge on any atom is 0.0541 e. The minimum atomic E-state index is 0.958. The van der Waals surface area contributed by atoms with Crippen LogP contribution in [0.5, 0.6) is 0 Å². The number of allylic oxidation sites excluding steroid dienone is 4. The second-order valence-corrected chi connectivity index (χ2v) is 15.1. The van der Waals surface area contributed by atoms with Crippen molar-refractivity contribution in [3.8, 4) is 11.4 Å². The number of benzene rings is 8. The molecule has 0 radical (unpaired) electrons. The molecule has 0 fully saturated rings. The van der Waals surface area contributed by atoms with Crippen molar-refractivity contribution in [3.63, 3.8) is 0 Å². The maximum atomic E-state index is 4.37. The number of hydrogen-bond acceptors (Lipinski definition) is 1. The molecule has 0 saturated carbocycles. The number of hydrogen-bond donors (Lipinski definition) is 0. The number of nitrogens with zero attached hydrogens (tertiary/aromatic N) is 4. The van der Waals surface area contributed by atoms with E-state index in [1.54, 1.807) is 0 Å². The monoisotopic (exact) mass is 756 g/mol. The zero-order chi connectivity index (χ0) is 39.5. The van der Waals surface area contributed by atoms with Crippen LogP contribution in [0.2, 0.25) is 0 Å². The Hall–Kier alpha value is -7.82. The SMILES string of the molecule is C=C/C(=C\C=C(/C)n1c2ccccc2c2ccccc21)N(c1ccc(-n2c3ccccc3c3ccccc32)cc1)c1ccc(-n2c3ccccc3c3ccccc32)cc1. The third-order valence-electron chi connectivity index (χ3n) is 11.8. The van der Waals surface area contributed by atoms with Gasteiger partial charge in [-0.15, -0.1) is 0 Å². The second-order valence-electron chi connectivity index (χ2n) is 15.1. The first-order valence-corrected chi connectivity index (χ1v) is 20.1. The summed E-state index contributed by atoms with van der Waals surface area (Å²) in [6.45, 7) is 6.55. The maximum absolute atomic E-state index is 4.37. The lowest BCUT2D eigenvalue weighted by Gasteiger charge is -2.27. The Morgan fingerprint density at radius 3 is 1.03 bits per heavy atom. The lowest BCUT2D eigenvalue weighted by molar-refractivity contribution is 1.15. The van der Waals surface area contributed by atoms with Gasteiger partial charge in [-0.25, -0.2) is 0 Å². The quantitative estimate of drug-likeness (QED) is 0.141. The van der Waals surface area contributed by atoms with E-state index in [2.05, 4.69) is 238 Å². The van der Waals surface area contributed by atoms with Crippen molar-refractivity contribution in [3.05, 3.63) is 225 Å². The Labute approximate surface area is 342 Å². The van der Waals surface area contributed by atoms with Gasteiger partial charge in [0.15, 0.2) is 0 Å². The summed E-state index contributed by atoms with van der Waals surface area (Å²) in [5.74, 6) is 0. The highest BCUT2D eigenvalue weighted by Crippen LogP contribution is 2.38. The average molecular weight is 757 g/mol. The van der Waals surface area contributed by atoms with Crippen molar-refractivity contribution in [2.45, 2.75) is 6.92 Å². The molecule has 0 atom stereocenters. The molecule has 0 bridgehead atoms. The van der Waals surface area contributed by atoms with Gasteiger partial charge in [-0.1, -0.05) is 116 Å². The minimum absolute atomic E-state index is 0.958. The summed E-state index contributed by atoms with van der Waals surface area (Å²) in [5.41, 5.74) is 13.5. The summed E-state index contributed by atoms with van der Waals surface area (Å²) in [6, 6.07) is 69.7. The smallest absolute Gasteiger partial charge is 0.0541 e. The largest absolute Gasteiger partial charge is 0.313 e. The molecule has 0 N–H and O–H groups in total. The molecule has 0 aliphatic heterocycles. The van der Waals surface area contributed by atoms with Crippen LogP contribution in [0.1, 0.15) is 6.92 Å². The summed E-state index contributed by atoms with van der Waals surface area (Å²) < 4.78 is 7.08. The predicted octanol–water partition coefficient (Wildman–Crippen LogP) is 14.8. The van der Waals surface area contributed by atoms with Gasteiger partial charge in [-0.3, -0.25) is 0 Å². The first-order valence-electron chi connectivity index (χ1n) is 20.1. The van der Waals surface area contributed by atoms with Crippen LogP contribution in [0.25, 0.3) is 82.5 Å². The van der Waals surface area contributed by atoms with Gasteiger partial charge in [0.05, 0.1) is 33.1 Å². The van der Waals surface area contributed by atoms with Crippen molar-refractivity contribution in [1.82, 2.24) is 13.7 Å². The zero-order valence-corrected chi connectivity index (χ0v) is 32.7. The molecule has 0 unspecified atom stereocenters. The van der Waals surface area contributed by atoms with Crippen LogP contribution in [0.4, 0.5) is 11.4 Å². The molecular weight excluding hydrogens is 717 g/mol. The van der Waals surface area contributed by atoms with Crippen LogP contribution in [-0.4, -0.2) is 13.7 Å². The molecule has 4 nitrogen and oxygen atoms in total. The molecule has 59 heavy (non-hydrogen) atoms. The van der Waals surface area contributed by atoms with Gasteiger partial charge in [0.25, 0.3) is 0 Å². The molecule has 11 aromatic rings. The topological polar surface area (TPSA) is 18.0 Å². The van der Waals surface area contributed by atoms with Gasteiger partial charge in [-0.2, -0.15) is 0 Å². The van der Waals surface area contributed by atoms with Gasteiger partial charge in [0.1, 0.15) is 0 Å².